The number of hydrogen-bond acceptors (Lipinski definition) is 6. The summed E-state index contributed by atoms with van der Waals surface area (Å²) in [4.78, 5) is 23.1. The maximum Gasteiger partial charge on any atom is 0.256 e. The second-order valence-electron chi connectivity index (χ2n) is 6.37. The van der Waals surface area contributed by atoms with E-state index < -0.39 is 0 Å². The molecule has 7 nitrogen and oxygen atoms in total. The van der Waals surface area contributed by atoms with Crippen molar-refractivity contribution in [3.8, 4) is 0 Å². The molecule has 2 aromatic rings. The topological polar surface area (TPSA) is 77.0 Å². The number of aryl methyl sites for hydroxylation is 2. The van der Waals surface area contributed by atoms with Gasteiger partial charge in [0.2, 0.25) is 5.89 Å². The van der Waals surface area contributed by atoms with Crippen LogP contribution < -0.4 is 5.56 Å². The number of likely N-dealkylation sites (tertiary alicyclic amines) is 1. The first kappa shape index (κ1) is 15.9. The minimum absolute atomic E-state index is 0.0845. The molecule has 1 fully saturated rings. The molecule has 1 saturated heterocycles. The van der Waals surface area contributed by atoms with Gasteiger partial charge in [0, 0.05) is 17.8 Å². The van der Waals surface area contributed by atoms with Crippen molar-refractivity contribution < 1.29 is 4.52 Å². The average molecular weight is 317 g/mol. The van der Waals surface area contributed by atoms with E-state index in [4.69, 9.17) is 4.52 Å². The molecule has 0 atom stereocenters. The fourth-order valence-corrected chi connectivity index (χ4v) is 3.01. The molecule has 0 spiro atoms. The summed E-state index contributed by atoms with van der Waals surface area (Å²) in [6.07, 6.45) is 3.80. The van der Waals surface area contributed by atoms with Crippen LogP contribution in [0.25, 0.3) is 0 Å². The molecule has 0 saturated carbocycles. The Bertz CT molecular complexity index is 728. The van der Waals surface area contributed by atoms with Gasteiger partial charge >= 0.3 is 0 Å². The van der Waals surface area contributed by atoms with Gasteiger partial charge in [0.25, 0.3) is 5.56 Å². The Morgan fingerprint density at radius 3 is 2.65 bits per heavy atom. The van der Waals surface area contributed by atoms with Crippen molar-refractivity contribution in [2.75, 3.05) is 13.1 Å². The normalized spacial score (nSPS) is 16.8. The summed E-state index contributed by atoms with van der Waals surface area (Å²) in [7, 11) is 0. The highest BCUT2D eigenvalue weighted by molar-refractivity contribution is 5.12. The molecular formula is C16H23N5O2. The second kappa shape index (κ2) is 6.62. The third kappa shape index (κ3) is 3.67. The van der Waals surface area contributed by atoms with Crippen molar-refractivity contribution in [2.45, 2.75) is 46.7 Å². The minimum atomic E-state index is 0.0845. The average Bonchev–Trinajstić information content (AvgIpc) is 2.95. The molecule has 3 heterocycles. The van der Waals surface area contributed by atoms with E-state index in [2.05, 4.69) is 20.0 Å². The predicted molar refractivity (Wildman–Crippen MR) is 85.0 cm³/mol. The summed E-state index contributed by atoms with van der Waals surface area (Å²) >= 11 is 0. The molecule has 0 N–H and O–H groups in total. The summed E-state index contributed by atoms with van der Waals surface area (Å²) in [6.45, 7) is 8.97. The summed E-state index contributed by atoms with van der Waals surface area (Å²) in [5.41, 5.74) is 1.65. The van der Waals surface area contributed by atoms with Gasteiger partial charge in [-0.05, 0) is 52.6 Å². The quantitative estimate of drug-likeness (QED) is 0.850. The molecule has 1 aliphatic heterocycles. The van der Waals surface area contributed by atoms with Crippen LogP contribution >= 0.6 is 0 Å². The molecule has 124 valence electrons. The zero-order chi connectivity index (χ0) is 16.4. The first-order valence-electron chi connectivity index (χ1n) is 8.07. The van der Waals surface area contributed by atoms with E-state index in [1.165, 1.54) is 0 Å². The molecule has 0 aliphatic carbocycles. The Balaban J connectivity index is 1.55. The van der Waals surface area contributed by atoms with Crippen LogP contribution in [-0.4, -0.2) is 37.7 Å². The molecule has 2 aromatic heterocycles. The SMILES string of the molecule is Cc1noc(CN2CCC(Cn3cnc(C)c(C)c3=O)CC2)n1. The van der Waals surface area contributed by atoms with Crippen molar-refractivity contribution in [3.05, 3.63) is 39.7 Å². The van der Waals surface area contributed by atoms with Crippen LogP contribution in [0.1, 0.15) is 35.8 Å². The lowest BCUT2D eigenvalue weighted by Crippen LogP contribution is -2.36. The van der Waals surface area contributed by atoms with Crippen LogP contribution in [0.4, 0.5) is 0 Å². The Morgan fingerprint density at radius 1 is 1.26 bits per heavy atom. The molecule has 0 bridgehead atoms. The van der Waals surface area contributed by atoms with Gasteiger partial charge in [-0.2, -0.15) is 4.98 Å². The third-order valence-corrected chi connectivity index (χ3v) is 4.61. The highest BCUT2D eigenvalue weighted by Crippen LogP contribution is 2.20. The molecule has 0 amide bonds. The highest BCUT2D eigenvalue weighted by atomic mass is 16.5. The van der Waals surface area contributed by atoms with Gasteiger partial charge in [-0.15, -0.1) is 0 Å². The van der Waals surface area contributed by atoms with E-state index in [-0.39, 0.29) is 5.56 Å². The van der Waals surface area contributed by atoms with Gasteiger partial charge < -0.3 is 4.52 Å². The van der Waals surface area contributed by atoms with E-state index in [1.54, 1.807) is 10.9 Å². The maximum atomic E-state index is 12.3. The number of rotatable bonds is 4. The van der Waals surface area contributed by atoms with E-state index in [0.717, 1.165) is 43.7 Å². The van der Waals surface area contributed by atoms with Gasteiger partial charge in [-0.3, -0.25) is 14.3 Å². The smallest absolute Gasteiger partial charge is 0.256 e. The Hall–Kier alpha value is -2.02. The van der Waals surface area contributed by atoms with Crippen LogP contribution in [0.15, 0.2) is 15.6 Å². The van der Waals surface area contributed by atoms with Crippen LogP contribution in [0.5, 0.6) is 0 Å². The maximum absolute atomic E-state index is 12.3. The lowest BCUT2D eigenvalue weighted by Gasteiger charge is -2.31. The van der Waals surface area contributed by atoms with E-state index in [9.17, 15) is 4.79 Å². The summed E-state index contributed by atoms with van der Waals surface area (Å²) in [6, 6.07) is 0. The van der Waals surface area contributed by atoms with Crippen LogP contribution in [0.3, 0.4) is 0 Å². The Kier molecular flexibility index (Phi) is 4.56. The van der Waals surface area contributed by atoms with Crippen LogP contribution in [-0.2, 0) is 13.1 Å². The second-order valence-corrected chi connectivity index (χ2v) is 6.37. The van der Waals surface area contributed by atoms with Gasteiger partial charge in [0.1, 0.15) is 0 Å². The monoisotopic (exact) mass is 317 g/mol. The number of nitrogens with zero attached hydrogens (tertiary/aromatic N) is 5. The molecule has 1 aliphatic rings. The van der Waals surface area contributed by atoms with Gasteiger partial charge in [-0.1, -0.05) is 5.16 Å². The summed E-state index contributed by atoms with van der Waals surface area (Å²) < 4.78 is 6.93. The molecule has 0 radical (unpaired) electrons. The molecule has 3 rings (SSSR count). The summed E-state index contributed by atoms with van der Waals surface area (Å²) in [5.74, 6) is 1.87. The molecule has 0 aromatic carbocycles. The van der Waals surface area contributed by atoms with Gasteiger partial charge in [-0.25, -0.2) is 4.98 Å². The van der Waals surface area contributed by atoms with Crippen molar-refractivity contribution in [1.29, 1.82) is 0 Å². The lowest BCUT2D eigenvalue weighted by molar-refractivity contribution is 0.150. The zero-order valence-corrected chi connectivity index (χ0v) is 13.9. The molecule has 23 heavy (non-hydrogen) atoms. The number of aromatic nitrogens is 4. The zero-order valence-electron chi connectivity index (χ0n) is 13.9. The van der Waals surface area contributed by atoms with Crippen molar-refractivity contribution in [2.24, 2.45) is 5.92 Å². The number of hydrogen-bond donors (Lipinski definition) is 0. The first-order valence-corrected chi connectivity index (χ1v) is 8.07. The fourth-order valence-electron chi connectivity index (χ4n) is 3.01. The van der Waals surface area contributed by atoms with E-state index >= 15 is 0 Å². The fraction of sp³-hybridized carbons (Fsp3) is 0.625. The Morgan fingerprint density at radius 2 is 2.00 bits per heavy atom. The third-order valence-electron chi connectivity index (χ3n) is 4.61. The van der Waals surface area contributed by atoms with Gasteiger partial charge in [0.05, 0.1) is 12.9 Å². The minimum Gasteiger partial charge on any atom is -0.338 e. The largest absolute Gasteiger partial charge is 0.338 e. The van der Waals surface area contributed by atoms with Crippen LogP contribution in [0, 0.1) is 26.7 Å². The van der Waals surface area contributed by atoms with Gasteiger partial charge in [0.15, 0.2) is 5.82 Å². The molecule has 0 unspecified atom stereocenters. The highest BCUT2D eigenvalue weighted by Gasteiger charge is 2.21. The standard InChI is InChI=1S/C16H23N5O2/c1-11-12(2)17-10-21(16(11)22)8-14-4-6-20(7-5-14)9-15-18-13(3)19-23-15/h10,14H,4-9H2,1-3H3. The molecule has 7 heteroatoms. The Labute approximate surface area is 135 Å². The lowest BCUT2D eigenvalue weighted by atomic mass is 9.96. The number of piperidine rings is 1. The van der Waals surface area contributed by atoms with Crippen molar-refractivity contribution in [1.82, 2.24) is 24.6 Å². The van der Waals surface area contributed by atoms with Crippen LogP contribution in [0.2, 0.25) is 0 Å². The van der Waals surface area contributed by atoms with E-state index in [1.807, 2.05) is 20.8 Å². The first-order chi connectivity index (χ1) is 11.0. The summed E-state index contributed by atoms with van der Waals surface area (Å²) in [5, 5.41) is 3.82. The van der Waals surface area contributed by atoms with Crippen molar-refractivity contribution in [3.63, 3.8) is 0 Å². The van der Waals surface area contributed by atoms with Crippen molar-refractivity contribution >= 4 is 0 Å². The molecular weight excluding hydrogens is 294 g/mol. The van der Waals surface area contributed by atoms with E-state index in [0.29, 0.717) is 24.2 Å². The predicted octanol–water partition coefficient (Wildman–Crippen LogP) is 1.46.